The number of hydrogen-bond acceptors (Lipinski definition) is 6. The monoisotopic (exact) mass is 461 g/mol. The molecule has 7 nitrogen and oxygen atoms in total. The first kappa shape index (κ1) is 24.1. The lowest BCUT2D eigenvalue weighted by atomic mass is 9.89. The van der Waals surface area contributed by atoms with E-state index < -0.39 is 20.7 Å². The van der Waals surface area contributed by atoms with Gasteiger partial charge in [-0.2, -0.15) is 0 Å². The first-order valence-corrected chi connectivity index (χ1v) is 12.0. The average Bonchev–Trinajstić information content (AvgIpc) is 2.82. The molecule has 8 heteroatoms. The van der Waals surface area contributed by atoms with Gasteiger partial charge in [-0.15, -0.1) is 0 Å². The number of sulfonamides is 1. The molecule has 2 aromatic rings. The molecule has 3 rings (SSSR count). The van der Waals surface area contributed by atoms with E-state index in [1.54, 1.807) is 14.2 Å². The van der Waals surface area contributed by atoms with E-state index in [-0.39, 0.29) is 5.92 Å². The van der Waals surface area contributed by atoms with Gasteiger partial charge in [0.15, 0.2) is 4.75 Å². The Balaban J connectivity index is 1.78. The number of nitrogens with zero attached hydrogens (tertiary/aromatic N) is 1. The molecule has 0 saturated carbocycles. The molecule has 2 aromatic carbocycles. The van der Waals surface area contributed by atoms with Gasteiger partial charge in [0.2, 0.25) is 10.0 Å². The Labute approximate surface area is 190 Å². The summed E-state index contributed by atoms with van der Waals surface area (Å²) in [6.45, 7) is 3.49. The Morgan fingerprint density at radius 3 is 2.28 bits per heavy atom. The number of rotatable bonds is 7. The summed E-state index contributed by atoms with van der Waals surface area (Å²) >= 11 is 0. The van der Waals surface area contributed by atoms with Crippen molar-refractivity contribution in [2.24, 2.45) is 0 Å². The quantitative estimate of drug-likeness (QED) is 0.583. The second kappa shape index (κ2) is 9.50. The van der Waals surface area contributed by atoms with Gasteiger partial charge in [0, 0.05) is 18.7 Å². The van der Waals surface area contributed by atoms with Gasteiger partial charge in [0.05, 0.1) is 21.3 Å². The van der Waals surface area contributed by atoms with Crippen molar-refractivity contribution in [2.75, 3.05) is 34.4 Å². The molecule has 1 saturated heterocycles. The van der Waals surface area contributed by atoms with Crippen molar-refractivity contribution in [3.8, 4) is 22.6 Å². The lowest BCUT2D eigenvalue weighted by Crippen LogP contribution is -2.52. The van der Waals surface area contributed by atoms with Crippen LogP contribution in [0.4, 0.5) is 0 Å². The number of methoxy groups -OCH3 is 3. The zero-order valence-corrected chi connectivity index (χ0v) is 20.1. The molecule has 0 spiro atoms. The molecule has 32 heavy (non-hydrogen) atoms. The van der Waals surface area contributed by atoms with E-state index in [1.165, 1.54) is 25.3 Å². The van der Waals surface area contributed by atoms with Crippen molar-refractivity contribution in [1.82, 2.24) is 4.31 Å². The fourth-order valence-electron chi connectivity index (χ4n) is 4.09. The largest absolute Gasteiger partial charge is 0.497 e. The van der Waals surface area contributed by atoms with Gasteiger partial charge in [-0.05, 0) is 61.9 Å². The van der Waals surface area contributed by atoms with E-state index in [4.69, 9.17) is 14.2 Å². The topological polar surface area (TPSA) is 82.1 Å². The standard InChI is InChI=1S/C24H31NO6S/c1-24(2,23(26)31-5)32(27,28)25-13-11-17(12-14-25)18-9-10-21(22(16-18)30-4)19-7-6-8-20(15-19)29-3/h6-10,15-17H,11-14H2,1-5H3. The van der Waals surface area contributed by atoms with Crippen molar-refractivity contribution in [3.05, 3.63) is 48.0 Å². The van der Waals surface area contributed by atoms with E-state index in [2.05, 4.69) is 6.07 Å². The van der Waals surface area contributed by atoms with E-state index in [0.29, 0.717) is 25.9 Å². The Morgan fingerprint density at radius 2 is 1.69 bits per heavy atom. The second-order valence-electron chi connectivity index (χ2n) is 8.37. The number of piperidine rings is 1. The third kappa shape index (κ3) is 4.47. The molecular weight excluding hydrogens is 430 g/mol. The Hall–Kier alpha value is -2.58. The maximum absolute atomic E-state index is 13.0. The Bertz CT molecular complexity index is 1070. The Kier molecular flexibility index (Phi) is 7.15. The molecule has 0 unspecified atom stereocenters. The summed E-state index contributed by atoms with van der Waals surface area (Å²) in [5, 5.41) is 0. The van der Waals surface area contributed by atoms with E-state index in [0.717, 1.165) is 28.2 Å². The molecule has 0 N–H and O–H groups in total. The number of carbonyl (C=O) groups is 1. The predicted molar refractivity (Wildman–Crippen MR) is 124 cm³/mol. The van der Waals surface area contributed by atoms with E-state index in [1.807, 2.05) is 36.4 Å². The van der Waals surface area contributed by atoms with Gasteiger partial charge >= 0.3 is 5.97 Å². The van der Waals surface area contributed by atoms with E-state index >= 15 is 0 Å². The third-order valence-electron chi connectivity index (χ3n) is 6.19. The van der Waals surface area contributed by atoms with Gasteiger partial charge in [-0.25, -0.2) is 12.7 Å². The molecule has 0 amide bonds. The summed E-state index contributed by atoms with van der Waals surface area (Å²) in [5.41, 5.74) is 3.08. The highest BCUT2D eigenvalue weighted by Gasteiger charge is 2.47. The third-order valence-corrected chi connectivity index (χ3v) is 8.69. The van der Waals surface area contributed by atoms with Crippen LogP contribution in [0.5, 0.6) is 11.5 Å². The zero-order valence-electron chi connectivity index (χ0n) is 19.3. The maximum Gasteiger partial charge on any atom is 0.328 e. The normalized spacial score (nSPS) is 15.9. The summed E-state index contributed by atoms with van der Waals surface area (Å²) in [7, 11) is 0.667. The van der Waals surface area contributed by atoms with Gasteiger partial charge in [-0.1, -0.05) is 24.3 Å². The first-order chi connectivity index (χ1) is 15.1. The van der Waals surface area contributed by atoms with Gasteiger partial charge in [-0.3, -0.25) is 4.79 Å². The van der Waals surface area contributed by atoms with Crippen LogP contribution in [0.25, 0.3) is 11.1 Å². The molecule has 1 fully saturated rings. The highest BCUT2D eigenvalue weighted by molar-refractivity contribution is 7.91. The first-order valence-electron chi connectivity index (χ1n) is 10.6. The van der Waals surface area contributed by atoms with Crippen molar-refractivity contribution in [2.45, 2.75) is 37.4 Å². The predicted octanol–water partition coefficient (Wildman–Crippen LogP) is 3.83. The highest BCUT2D eigenvalue weighted by Crippen LogP contribution is 2.38. The molecule has 0 radical (unpaired) electrons. The summed E-state index contributed by atoms with van der Waals surface area (Å²) in [6, 6.07) is 13.9. The minimum Gasteiger partial charge on any atom is -0.497 e. The molecule has 174 valence electrons. The van der Waals surface area contributed by atoms with Gasteiger partial charge in [0.25, 0.3) is 0 Å². The smallest absolute Gasteiger partial charge is 0.328 e. The minimum absolute atomic E-state index is 0.205. The van der Waals surface area contributed by atoms with Crippen LogP contribution in [0.3, 0.4) is 0 Å². The minimum atomic E-state index is -3.82. The lowest BCUT2D eigenvalue weighted by molar-refractivity contribution is -0.142. The lowest BCUT2D eigenvalue weighted by Gasteiger charge is -2.35. The van der Waals surface area contributed by atoms with Crippen molar-refractivity contribution < 1.29 is 27.4 Å². The van der Waals surface area contributed by atoms with E-state index in [9.17, 15) is 13.2 Å². The van der Waals surface area contributed by atoms with Crippen LogP contribution < -0.4 is 9.47 Å². The van der Waals surface area contributed by atoms with Crippen molar-refractivity contribution in [1.29, 1.82) is 0 Å². The van der Waals surface area contributed by atoms with Crippen molar-refractivity contribution >= 4 is 16.0 Å². The van der Waals surface area contributed by atoms with Gasteiger partial charge in [0.1, 0.15) is 11.5 Å². The fourth-order valence-corrected chi connectivity index (χ4v) is 5.73. The fraction of sp³-hybridized carbons (Fsp3) is 0.458. The summed E-state index contributed by atoms with van der Waals surface area (Å²) in [4.78, 5) is 12.0. The van der Waals surface area contributed by atoms with Crippen LogP contribution in [0, 0.1) is 0 Å². The average molecular weight is 462 g/mol. The zero-order chi connectivity index (χ0) is 23.5. The summed E-state index contributed by atoms with van der Waals surface area (Å²) in [5.74, 6) is 0.989. The number of hydrogen-bond donors (Lipinski definition) is 0. The number of ether oxygens (including phenoxy) is 3. The maximum atomic E-state index is 13.0. The molecule has 0 aliphatic carbocycles. The molecule has 1 heterocycles. The Morgan fingerprint density at radius 1 is 1.00 bits per heavy atom. The van der Waals surface area contributed by atoms with Crippen LogP contribution in [-0.2, 0) is 19.6 Å². The van der Waals surface area contributed by atoms with Crippen LogP contribution in [-0.4, -0.2) is 57.9 Å². The summed E-state index contributed by atoms with van der Waals surface area (Å²) < 4.78 is 41.5. The molecule has 1 aliphatic heterocycles. The molecule has 0 aromatic heterocycles. The number of esters is 1. The summed E-state index contributed by atoms with van der Waals surface area (Å²) in [6.07, 6.45) is 1.33. The van der Waals surface area contributed by atoms with Crippen LogP contribution in [0.2, 0.25) is 0 Å². The second-order valence-corrected chi connectivity index (χ2v) is 10.9. The van der Waals surface area contributed by atoms with Gasteiger partial charge < -0.3 is 14.2 Å². The van der Waals surface area contributed by atoms with Crippen molar-refractivity contribution in [3.63, 3.8) is 0 Å². The number of carbonyl (C=O) groups excluding carboxylic acids is 1. The highest BCUT2D eigenvalue weighted by atomic mass is 32.2. The SMILES string of the molecule is COC(=O)C(C)(C)S(=O)(=O)N1CCC(c2ccc(-c3cccc(OC)c3)c(OC)c2)CC1. The molecule has 0 bridgehead atoms. The van der Waals surface area contributed by atoms with Crippen LogP contribution >= 0.6 is 0 Å². The van der Waals surface area contributed by atoms with Crippen LogP contribution in [0.1, 0.15) is 38.2 Å². The van der Waals surface area contributed by atoms with Crippen LogP contribution in [0.15, 0.2) is 42.5 Å². The molecular formula is C24H31NO6S. The molecule has 0 atom stereocenters. The number of benzene rings is 2. The molecule has 1 aliphatic rings.